The molecule has 3 heterocycles. The van der Waals surface area contributed by atoms with Crippen LogP contribution in [0.3, 0.4) is 0 Å². The average Bonchev–Trinajstić information content (AvgIpc) is 2.52. The monoisotopic (exact) mass is 374 g/mol. The first-order chi connectivity index (χ1) is 10.9. The normalized spacial score (nSPS) is 28.4. The quantitative estimate of drug-likeness (QED) is 0.758. The second-order valence-electron chi connectivity index (χ2n) is 6.36. The predicted octanol–water partition coefficient (Wildman–Crippen LogP) is 0.492. The Morgan fingerprint density at radius 3 is 2.83 bits per heavy atom. The minimum absolute atomic E-state index is 0. The van der Waals surface area contributed by atoms with Gasteiger partial charge in [0.15, 0.2) is 0 Å². The summed E-state index contributed by atoms with van der Waals surface area (Å²) in [6.45, 7) is 3.67. The van der Waals surface area contributed by atoms with E-state index in [0.717, 1.165) is 12.8 Å². The van der Waals surface area contributed by atoms with Crippen molar-refractivity contribution < 1.29 is 13.2 Å². The third-order valence-electron chi connectivity index (χ3n) is 4.58. The molecule has 0 aromatic heterocycles. The number of hydrogen-bond acceptors (Lipinski definition) is 5. The third kappa shape index (κ3) is 3.81. The van der Waals surface area contributed by atoms with Gasteiger partial charge in [0.25, 0.3) is 15.9 Å². The molecule has 9 heteroatoms. The zero-order valence-electron chi connectivity index (χ0n) is 13.6. The summed E-state index contributed by atoms with van der Waals surface area (Å²) in [5.74, 6) is 0.871. The lowest BCUT2D eigenvalue weighted by Crippen LogP contribution is -2.50. The van der Waals surface area contributed by atoms with E-state index in [4.69, 9.17) is 5.73 Å². The number of carbonyl (C=O) groups is 1. The molecule has 0 saturated carbocycles. The molecule has 1 fully saturated rings. The number of fused-ring (bicyclic) bond motifs is 1. The fourth-order valence-electron chi connectivity index (χ4n) is 3.24. The number of carbonyl (C=O) groups excluding carboxylic acids is 1. The molecular formula is C15H23ClN4O3S. The summed E-state index contributed by atoms with van der Waals surface area (Å²) in [5.41, 5.74) is 6.38. The maximum Gasteiger partial charge on any atom is 0.256 e. The maximum absolute atomic E-state index is 12.8. The van der Waals surface area contributed by atoms with E-state index in [1.165, 1.54) is 0 Å². The van der Waals surface area contributed by atoms with Crippen molar-refractivity contribution in [3.05, 3.63) is 23.9 Å². The van der Waals surface area contributed by atoms with Crippen molar-refractivity contribution in [3.8, 4) is 0 Å². The molecule has 3 aliphatic rings. The fraction of sp³-hybridized carbons (Fsp3) is 0.600. The number of amides is 1. The molecule has 134 valence electrons. The van der Waals surface area contributed by atoms with Gasteiger partial charge < -0.3 is 15.5 Å². The Morgan fingerprint density at radius 2 is 2.12 bits per heavy atom. The lowest BCUT2D eigenvalue weighted by atomic mass is 9.91. The molecule has 3 aliphatic heterocycles. The first-order valence-electron chi connectivity index (χ1n) is 7.90. The van der Waals surface area contributed by atoms with Crippen LogP contribution in [-0.2, 0) is 14.8 Å². The van der Waals surface area contributed by atoms with Crippen molar-refractivity contribution in [1.29, 1.82) is 0 Å². The Morgan fingerprint density at radius 1 is 1.38 bits per heavy atom. The van der Waals surface area contributed by atoms with Crippen molar-refractivity contribution >= 4 is 34.2 Å². The second-order valence-corrected chi connectivity index (χ2v) is 8.12. The van der Waals surface area contributed by atoms with E-state index in [9.17, 15) is 13.2 Å². The minimum Gasteiger partial charge on any atom is -0.334 e. The molecule has 7 nitrogen and oxygen atoms in total. The maximum atomic E-state index is 12.8. The molecular weight excluding hydrogens is 352 g/mol. The minimum atomic E-state index is -3.38. The standard InChI is InChI=1S/C15H22N4O3S.ClH/c1-11-4-5-19(13(8-11)9-16)15(20)12-2-3-14-17-23(21,22)7-6-18(14)10-12;/h2-3,10-11,13H,4-9,16H2,1H3;1H. The van der Waals surface area contributed by atoms with Gasteiger partial charge in [-0.3, -0.25) is 4.79 Å². The summed E-state index contributed by atoms with van der Waals surface area (Å²) in [7, 11) is -3.38. The summed E-state index contributed by atoms with van der Waals surface area (Å²) in [6.07, 6.45) is 6.83. The number of rotatable bonds is 2. The largest absolute Gasteiger partial charge is 0.334 e. The van der Waals surface area contributed by atoms with Gasteiger partial charge >= 0.3 is 0 Å². The Bertz CT molecular complexity index is 702. The van der Waals surface area contributed by atoms with Gasteiger partial charge in [-0.15, -0.1) is 16.8 Å². The summed E-state index contributed by atoms with van der Waals surface area (Å²) in [4.78, 5) is 16.4. The van der Waals surface area contributed by atoms with E-state index in [0.29, 0.717) is 37.0 Å². The van der Waals surface area contributed by atoms with Crippen LogP contribution in [-0.4, -0.2) is 61.4 Å². The molecule has 0 spiro atoms. The topological polar surface area (TPSA) is 96.1 Å². The Balaban J connectivity index is 0.00000208. The number of piperidine rings is 1. The van der Waals surface area contributed by atoms with E-state index in [-0.39, 0.29) is 30.1 Å². The number of likely N-dealkylation sites (tertiary alicyclic amines) is 1. The molecule has 0 aromatic rings. The van der Waals surface area contributed by atoms with Crippen molar-refractivity contribution in [2.45, 2.75) is 25.8 Å². The van der Waals surface area contributed by atoms with E-state index in [1.54, 1.807) is 23.3 Å². The highest BCUT2D eigenvalue weighted by atomic mass is 35.5. The molecule has 1 saturated heterocycles. The molecule has 1 amide bonds. The lowest BCUT2D eigenvalue weighted by molar-refractivity contribution is -0.130. The van der Waals surface area contributed by atoms with Crippen LogP contribution in [0.5, 0.6) is 0 Å². The smallest absolute Gasteiger partial charge is 0.256 e. The first-order valence-corrected chi connectivity index (χ1v) is 9.51. The van der Waals surface area contributed by atoms with Gasteiger partial charge in [0.2, 0.25) is 0 Å². The zero-order valence-corrected chi connectivity index (χ0v) is 15.2. The van der Waals surface area contributed by atoms with Gasteiger partial charge in [-0.05, 0) is 30.9 Å². The highest BCUT2D eigenvalue weighted by molar-refractivity contribution is 7.90. The highest BCUT2D eigenvalue weighted by Gasteiger charge is 2.32. The predicted molar refractivity (Wildman–Crippen MR) is 95.4 cm³/mol. The number of sulfonamides is 1. The van der Waals surface area contributed by atoms with Crippen LogP contribution in [0.1, 0.15) is 19.8 Å². The molecule has 0 bridgehead atoms. The molecule has 3 rings (SSSR count). The summed E-state index contributed by atoms with van der Waals surface area (Å²) < 4.78 is 26.8. The molecule has 2 unspecified atom stereocenters. The number of halogens is 1. The van der Waals surface area contributed by atoms with Crippen LogP contribution in [0, 0.1) is 5.92 Å². The van der Waals surface area contributed by atoms with Gasteiger partial charge in [0.1, 0.15) is 5.84 Å². The van der Waals surface area contributed by atoms with Crippen LogP contribution >= 0.6 is 12.4 Å². The Labute approximate surface area is 148 Å². The SMILES string of the molecule is CC1CCN(C(=O)C2=CN3CCS(=O)(=O)N=C3C=C2)C(CN)C1.Cl. The molecule has 24 heavy (non-hydrogen) atoms. The van der Waals surface area contributed by atoms with Gasteiger partial charge in [-0.25, -0.2) is 8.42 Å². The van der Waals surface area contributed by atoms with Crippen LogP contribution in [0.2, 0.25) is 0 Å². The van der Waals surface area contributed by atoms with E-state index >= 15 is 0 Å². The van der Waals surface area contributed by atoms with Crippen molar-refractivity contribution in [3.63, 3.8) is 0 Å². The van der Waals surface area contributed by atoms with Crippen LogP contribution in [0.25, 0.3) is 0 Å². The third-order valence-corrected chi connectivity index (χ3v) is 5.75. The van der Waals surface area contributed by atoms with Gasteiger partial charge in [0, 0.05) is 31.9 Å². The van der Waals surface area contributed by atoms with Crippen molar-refractivity contribution in [2.75, 3.05) is 25.4 Å². The fourth-order valence-corrected chi connectivity index (χ4v) is 4.21. The van der Waals surface area contributed by atoms with E-state index in [2.05, 4.69) is 11.3 Å². The summed E-state index contributed by atoms with van der Waals surface area (Å²) in [6, 6.07) is 0.0670. The molecule has 0 aromatic carbocycles. The molecule has 2 N–H and O–H groups in total. The molecule has 0 radical (unpaired) electrons. The summed E-state index contributed by atoms with van der Waals surface area (Å²) >= 11 is 0. The Hall–Kier alpha value is -1.38. The first kappa shape index (κ1) is 19.0. The number of nitrogens with zero attached hydrogens (tertiary/aromatic N) is 3. The number of amidine groups is 1. The molecule has 2 atom stereocenters. The van der Waals surface area contributed by atoms with Crippen LogP contribution < -0.4 is 5.73 Å². The lowest BCUT2D eigenvalue weighted by Gasteiger charge is -2.38. The second kappa shape index (κ2) is 7.25. The van der Waals surface area contributed by atoms with Crippen molar-refractivity contribution in [1.82, 2.24) is 9.80 Å². The summed E-state index contributed by atoms with van der Waals surface area (Å²) in [5, 5.41) is 0. The number of hydrogen-bond donors (Lipinski definition) is 1. The van der Waals surface area contributed by atoms with E-state index < -0.39 is 10.0 Å². The van der Waals surface area contributed by atoms with E-state index in [1.807, 2.05) is 4.90 Å². The average molecular weight is 375 g/mol. The van der Waals surface area contributed by atoms with Gasteiger partial charge in [-0.1, -0.05) is 6.92 Å². The molecule has 0 aliphatic carbocycles. The van der Waals surface area contributed by atoms with Crippen LogP contribution in [0.4, 0.5) is 0 Å². The van der Waals surface area contributed by atoms with Gasteiger partial charge in [0.05, 0.1) is 11.3 Å². The Kier molecular flexibility index (Phi) is 5.72. The zero-order chi connectivity index (χ0) is 16.6. The highest BCUT2D eigenvalue weighted by Crippen LogP contribution is 2.25. The van der Waals surface area contributed by atoms with Crippen molar-refractivity contribution in [2.24, 2.45) is 16.0 Å². The number of nitrogens with two attached hydrogens (primary N) is 1. The van der Waals surface area contributed by atoms with Crippen LogP contribution in [0.15, 0.2) is 28.3 Å². The van der Waals surface area contributed by atoms with Gasteiger partial charge in [-0.2, -0.15) is 0 Å².